The van der Waals surface area contributed by atoms with E-state index in [1.54, 1.807) is 26.4 Å². The predicted molar refractivity (Wildman–Crippen MR) is 87.8 cm³/mol. The van der Waals surface area contributed by atoms with Gasteiger partial charge in [0.1, 0.15) is 11.6 Å². The van der Waals surface area contributed by atoms with Crippen molar-refractivity contribution < 1.29 is 18.6 Å². The maximum absolute atomic E-state index is 14.1. The second-order valence-electron chi connectivity index (χ2n) is 5.14. The first-order valence-electron chi connectivity index (χ1n) is 7.37. The number of rotatable bonds is 7. The Hall–Kier alpha value is -2.27. The Bertz CT molecular complexity index is 661. The molecular weight excluding hydrogens is 297 g/mol. The monoisotopic (exact) mass is 319 g/mol. The fourth-order valence-electron chi connectivity index (χ4n) is 2.45. The molecule has 0 aliphatic carbocycles. The van der Waals surface area contributed by atoms with Gasteiger partial charge in [0.25, 0.3) is 0 Å². The maximum atomic E-state index is 14.1. The summed E-state index contributed by atoms with van der Waals surface area (Å²) in [5.41, 5.74) is 1.54. The molecule has 0 heterocycles. The standard InChI is InChI=1S/C18H22FNO3/c1-12(15-9-8-14(21-2)10-16(15)19)20-11-13-6-5-7-17(22-3)18(13)23-4/h5-10,12,20H,11H2,1-4H3. The van der Waals surface area contributed by atoms with Crippen molar-refractivity contribution in [2.75, 3.05) is 21.3 Å². The number of para-hydroxylation sites is 1. The highest BCUT2D eigenvalue weighted by atomic mass is 19.1. The lowest BCUT2D eigenvalue weighted by Gasteiger charge is -2.18. The lowest BCUT2D eigenvalue weighted by atomic mass is 10.1. The minimum Gasteiger partial charge on any atom is -0.497 e. The number of ether oxygens (including phenoxy) is 3. The van der Waals surface area contributed by atoms with Gasteiger partial charge in [0.15, 0.2) is 11.5 Å². The summed E-state index contributed by atoms with van der Waals surface area (Å²) in [6, 6.07) is 10.4. The number of hydrogen-bond donors (Lipinski definition) is 1. The van der Waals surface area contributed by atoms with Gasteiger partial charge in [-0.05, 0) is 19.1 Å². The number of methoxy groups -OCH3 is 3. The van der Waals surface area contributed by atoms with Gasteiger partial charge in [-0.1, -0.05) is 18.2 Å². The Labute approximate surface area is 136 Å². The molecule has 0 aliphatic heterocycles. The van der Waals surface area contributed by atoms with E-state index in [1.165, 1.54) is 13.2 Å². The van der Waals surface area contributed by atoms with Crippen LogP contribution in [0.15, 0.2) is 36.4 Å². The van der Waals surface area contributed by atoms with Crippen LogP contribution in [0.4, 0.5) is 4.39 Å². The van der Waals surface area contributed by atoms with E-state index in [-0.39, 0.29) is 11.9 Å². The molecule has 0 saturated heterocycles. The van der Waals surface area contributed by atoms with Crippen molar-refractivity contribution >= 4 is 0 Å². The number of nitrogens with one attached hydrogen (secondary N) is 1. The molecule has 5 heteroatoms. The highest BCUT2D eigenvalue weighted by Gasteiger charge is 2.14. The second-order valence-corrected chi connectivity index (χ2v) is 5.14. The van der Waals surface area contributed by atoms with E-state index in [9.17, 15) is 4.39 Å². The molecule has 23 heavy (non-hydrogen) atoms. The number of hydrogen-bond acceptors (Lipinski definition) is 4. The fourth-order valence-corrected chi connectivity index (χ4v) is 2.45. The van der Waals surface area contributed by atoms with Crippen LogP contribution in [-0.4, -0.2) is 21.3 Å². The molecule has 0 aromatic heterocycles. The van der Waals surface area contributed by atoms with E-state index in [2.05, 4.69) is 5.32 Å². The fraction of sp³-hybridized carbons (Fsp3) is 0.333. The van der Waals surface area contributed by atoms with E-state index in [1.807, 2.05) is 25.1 Å². The van der Waals surface area contributed by atoms with Gasteiger partial charge >= 0.3 is 0 Å². The third-order valence-electron chi connectivity index (χ3n) is 3.76. The summed E-state index contributed by atoms with van der Waals surface area (Å²) in [4.78, 5) is 0. The molecule has 2 aromatic carbocycles. The zero-order valence-corrected chi connectivity index (χ0v) is 13.9. The van der Waals surface area contributed by atoms with Crippen LogP contribution < -0.4 is 19.5 Å². The average molecular weight is 319 g/mol. The highest BCUT2D eigenvalue weighted by molar-refractivity contribution is 5.46. The first kappa shape index (κ1) is 17.1. The Balaban J connectivity index is 2.12. The molecular formula is C18H22FNO3. The van der Waals surface area contributed by atoms with Gasteiger partial charge in [-0.2, -0.15) is 0 Å². The molecule has 2 rings (SSSR count). The third kappa shape index (κ3) is 3.93. The van der Waals surface area contributed by atoms with Crippen molar-refractivity contribution in [1.82, 2.24) is 5.32 Å². The minimum atomic E-state index is -0.290. The lowest BCUT2D eigenvalue weighted by molar-refractivity contribution is 0.350. The third-order valence-corrected chi connectivity index (χ3v) is 3.76. The van der Waals surface area contributed by atoms with Gasteiger partial charge in [-0.3, -0.25) is 0 Å². The van der Waals surface area contributed by atoms with E-state index >= 15 is 0 Å². The molecule has 0 fully saturated rings. The summed E-state index contributed by atoms with van der Waals surface area (Å²) in [6.45, 7) is 2.45. The summed E-state index contributed by atoms with van der Waals surface area (Å²) in [5.74, 6) is 1.58. The zero-order chi connectivity index (χ0) is 16.8. The van der Waals surface area contributed by atoms with E-state index in [0.717, 1.165) is 5.56 Å². The van der Waals surface area contributed by atoms with Gasteiger partial charge < -0.3 is 19.5 Å². The summed E-state index contributed by atoms with van der Waals surface area (Å²) < 4.78 is 29.8. The van der Waals surface area contributed by atoms with Crippen LogP contribution in [0.3, 0.4) is 0 Å². The Kier molecular flexibility index (Phi) is 5.82. The molecule has 0 amide bonds. The molecule has 124 valence electrons. The van der Waals surface area contributed by atoms with Crippen LogP contribution in [0.1, 0.15) is 24.1 Å². The Morgan fingerprint density at radius 3 is 2.43 bits per heavy atom. The van der Waals surface area contributed by atoms with Crippen LogP contribution in [0.2, 0.25) is 0 Å². The molecule has 4 nitrogen and oxygen atoms in total. The normalized spacial score (nSPS) is 11.9. The van der Waals surface area contributed by atoms with Crippen molar-refractivity contribution in [3.05, 3.63) is 53.3 Å². The molecule has 1 N–H and O–H groups in total. The minimum absolute atomic E-state index is 0.156. The summed E-state index contributed by atoms with van der Waals surface area (Å²) in [7, 11) is 4.73. The van der Waals surface area contributed by atoms with Crippen molar-refractivity contribution in [3.8, 4) is 17.2 Å². The summed E-state index contributed by atoms with van der Waals surface area (Å²) in [6.07, 6.45) is 0. The van der Waals surface area contributed by atoms with E-state index < -0.39 is 0 Å². The van der Waals surface area contributed by atoms with Gasteiger partial charge in [0.05, 0.1) is 21.3 Å². The van der Waals surface area contributed by atoms with Crippen molar-refractivity contribution in [1.29, 1.82) is 0 Å². The van der Waals surface area contributed by atoms with Crippen molar-refractivity contribution in [3.63, 3.8) is 0 Å². The summed E-state index contributed by atoms with van der Waals surface area (Å²) in [5, 5.41) is 3.30. The Morgan fingerprint density at radius 2 is 1.83 bits per heavy atom. The molecule has 0 radical (unpaired) electrons. The van der Waals surface area contributed by atoms with Gasteiger partial charge in [0.2, 0.25) is 0 Å². The number of halogens is 1. The molecule has 0 saturated carbocycles. The SMILES string of the molecule is COc1ccc(C(C)NCc2cccc(OC)c2OC)c(F)c1. The first-order chi connectivity index (χ1) is 11.1. The maximum Gasteiger partial charge on any atom is 0.165 e. The highest BCUT2D eigenvalue weighted by Crippen LogP contribution is 2.31. The van der Waals surface area contributed by atoms with Crippen LogP contribution in [0, 0.1) is 5.82 Å². The smallest absolute Gasteiger partial charge is 0.165 e. The molecule has 0 spiro atoms. The number of benzene rings is 2. The lowest BCUT2D eigenvalue weighted by Crippen LogP contribution is -2.19. The van der Waals surface area contributed by atoms with Crippen molar-refractivity contribution in [2.45, 2.75) is 19.5 Å². The largest absolute Gasteiger partial charge is 0.497 e. The molecule has 1 unspecified atom stereocenters. The molecule has 2 aromatic rings. The first-order valence-corrected chi connectivity index (χ1v) is 7.37. The van der Waals surface area contributed by atoms with E-state index in [4.69, 9.17) is 14.2 Å². The topological polar surface area (TPSA) is 39.7 Å². The van der Waals surface area contributed by atoms with Gasteiger partial charge in [0, 0.05) is 29.8 Å². The second kappa shape index (κ2) is 7.83. The van der Waals surface area contributed by atoms with E-state index in [0.29, 0.717) is 29.4 Å². The van der Waals surface area contributed by atoms with Gasteiger partial charge in [-0.15, -0.1) is 0 Å². The average Bonchev–Trinajstić information content (AvgIpc) is 2.58. The Morgan fingerprint density at radius 1 is 1.04 bits per heavy atom. The molecule has 0 bridgehead atoms. The molecule has 0 aliphatic rings. The van der Waals surface area contributed by atoms with Crippen LogP contribution in [-0.2, 0) is 6.54 Å². The molecule has 1 atom stereocenters. The van der Waals surface area contributed by atoms with Gasteiger partial charge in [-0.25, -0.2) is 4.39 Å². The van der Waals surface area contributed by atoms with Crippen LogP contribution >= 0.6 is 0 Å². The van der Waals surface area contributed by atoms with Crippen LogP contribution in [0.25, 0.3) is 0 Å². The predicted octanol–water partition coefficient (Wildman–Crippen LogP) is 3.70. The van der Waals surface area contributed by atoms with Crippen LogP contribution in [0.5, 0.6) is 17.2 Å². The van der Waals surface area contributed by atoms with Crippen molar-refractivity contribution in [2.24, 2.45) is 0 Å². The summed E-state index contributed by atoms with van der Waals surface area (Å²) >= 11 is 0. The zero-order valence-electron chi connectivity index (χ0n) is 13.9. The quantitative estimate of drug-likeness (QED) is 0.844.